The molecule has 0 aromatic heterocycles. The largest absolute Gasteiger partial charge is 0.326 e. The number of amides is 1. The van der Waals surface area contributed by atoms with Crippen LogP contribution in [0.5, 0.6) is 0 Å². The Labute approximate surface area is 109 Å². The molecule has 0 aliphatic carbocycles. The second-order valence-electron chi connectivity index (χ2n) is 4.98. The predicted octanol–water partition coefficient (Wildman–Crippen LogP) is 2.88. The zero-order valence-corrected chi connectivity index (χ0v) is 11.4. The summed E-state index contributed by atoms with van der Waals surface area (Å²) in [7, 11) is 2.01. The topological polar surface area (TPSA) is 41.1 Å². The van der Waals surface area contributed by atoms with Gasteiger partial charge in [-0.05, 0) is 30.2 Å². The van der Waals surface area contributed by atoms with E-state index in [0.717, 1.165) is 24.1 Å². The zero-order chi connectivity index (χ0) is 13.1. The molecule has 1 amide bonds. The highest BCUT2D eigenvalue weighted by molar-refractivity contribution is 5.99. The Morgan fingerprint density at radius 3 is 2.67 bits per heavy atom. The van der Waals surface area contributed by atoms with Gasteiger partial charge in [-0.15, -0.1) is 0 Å². The minimum absolute atomic E-state index is 0.102. The lowest BCUT2D eigenvalue weighted by molar-refractivity contribution is -0.115. The highest BCUT2D eigenvalue weighted by Crippen LogP contribution is 2.31. The first-order valence-electron chi connectivity index (χ1n) is 6.79. The van der Waals surface area contributed by atoms with Gasteiger partial charge in [-0.3, -0.25) is 4.79 Å². The van der Waals surface area contributed by atoms with E-state index in [0.29, 0.717) is 18.4 Å². The molecule has 0 spiro atoms. The summed E-state index contributed by atoms with van der Waals surface area (Å²) < 4.78 is 0. The molecule has 1 aromatic rings. The fourth-order valence-corrected chi connectivity index (χ4v) is 2.88. The van der Waals surface area contributed by atoms with Crippen LogP contribution in [0.1, 0.15) is 43.9 Å². The van der Waals surface area contributed by atoms with Crippen molar-refractivity contribution in [1.29, 1.82) is 0 Å². The van der Waals surface area contributed by atoms with E-state index in [4.69, 9.17) is 0 Å². The Balaban J connectivity index is 2.27. The van der Waals surface area contributed by atoms with Crippen LogP contribution in [0, 0.1) is 5.92 Å². The molecule has 0 saturated carbocycles. The SMILES string of the molecule is CCC(CC)C(NC)c1ccc2c(c1)CC(=O)N2. The van der Waals surface area contributed by atoms with Gasteiger partial charge in [0.25, 0.3) is 0 Å². The smallest absolute Gasteiger partial charge is 0.228 e. The molecule has 98 valence electrons. The molecular formula is C15H22N2O. The number of carbonyl (C=O) groups is 1. The average Bonchev–Trinajstić information content (AvgIpc) is 2.74. The average molecular weight is 246 g/mol. The second kappa shape index (κ2) is 5.53. The number of anilines is 1. The van der Waals surface area contributed by atoms with Crippen LogP contribution in [0.15, 0.2) is 18.2 Å². The molecule has 0 radical (unpaired) electrons. The second-order valence-corrected chi connectivity index (χ2v) is 4.98. The van der Waals surface area contributed by atoms with Crippen molar-refractivity contribution in [1.82, 2.24) is 5.32 Å². The van der Waals surface area contributed by atoms with Crippen LogP contribution >= 0.6 is 0 Å². The van der Waals surface area contributed by atoms with E-state index in [2.05, 4.69) is 36.6 Å². The van der Waals surface area contributed by atoms with Gasteiger partial charge in [0.15, 0.2) is 0 Å². The molecule has 2 rings (SSSR count). The van der Waals surface area contributed by atoms with Gasteiger partial charge in [0, 0.05) is 11.7 Å². The summed E-state index contributed by atoms with van der Waals surface area (Å²) in [4.78, 5) is 11.4. The maximum Gasteiger partial charge on any atom is 0.228 e. The molecule has 1 unspecified atom stereocenters. The summed E-state index contributed by atoms with van der Waals surface area (Å²) in [5.74, 6) is 0.740. The lowest BCUT2D eigenvalue weighted by Gasteiger charge is -2.25. The first-order chi connectivity index (χ1) is 8.69. The lowest BCUT2D eigenvalue weighted by Crippen LogP contribution is -2.24. The predicted molar refractivity (Wildman–Crippen MR) is 74.6 cm³/mol. The van der Waals surface area contributed by atoms with Gasteiger partial charge in [0.2, 0.25) is 5.91 Å². The zero-order valence-electron chi connectivity index (χ0n) is 11.4. The first kappa shape index (κ1) is 13.1. The van der Waals surface area contributed by atoms with Crippen molar-refractivity contribution in [3.05, 3.63) is 29.3 Å². The fraction of sp³-hybridized carbons (Fsp3) is 0.533. The fourth-order valence-electron chi connectivity index (χ4n) is 2.88. The summed E-state index contributed by atoms with van der Waals surface area (Å²) >= 11 is 0. The Morgan fingerprint density at radius 2 is 2.06 bits per heavy atom. The van der Waals surface area contributed by atoms with Crippen molar-refractivity contribution in [2.75, 3.05) is 12.4 Å². The Bertz CT molecular complexity index is 438. The van der Waals surface area contributed by atoms with E-state index < -0.39 is 0 Å². The standard InChI is InChI=1S/C15H22N2O/c1-4-10(5-2)15(16-3)11-6-7-13-12(8-11)9-14(18)17-13/h6-8,10,15-16H,4-5,9H2,1-3H3,(H,17,18). The molecule has 2 N–H and O–H groups in total. The molecule has 0 saturated heterocycles. The van der Waals surface area contributed by atoms with Crippen LogP contribution in [0.4, 0.5) is 5.69 Å². The van der Waals surface area contributed by atoms with E-state index in [1.165, 1.54) is 5.56 Å². The van der Waals surface area contributed by atoms with E-state index in [-0.39, 0.29) is 5.91 Å². The van der Waals surface area contributed by atoms with Crippen LogP contribution in [-0.4, -0.2) is 13.0 Å². The van der Waals surface area contributed by atoms with Crippen molar-refractivity contribution < 1.29 is 4.79 Å². The van der Waals surface area contributed by atoms with Crippen LogP contribution in [0.3, 0.4) is 0 Å². The van der Waals surface area contributed by atoms with Crippen molar-refractivity contribution >= 4 is 11.6 Å². The third-order valence-electron chi connectivity index (χ3n) is 3.94. The normalized spacial score (nSPS) is 15.7. The Hall–Kier alpha value is -1.35. The number of nitrogens with one attached hydrogen (secondary N) is 2. The Morgan fingerprint density at radius 1 is 1.33 bits per heavy atom. The van der Waals surface area contributed by atoms with Gasteiger partial charge >= 0.3 is 0 Å². The monoisotopic (exact) mass is 246 g/mol. The minimum Gasteiger partial charge on any atom is -0.326 e. The molecule has 1 heterocycles. The summed E-state index contributed by atoms with van der Waals surface area (Å²) in [6, 6.07) is 6.71. The number of hydrogen-bond donors (Lipinski definition) is 2. The molecule has 1 aliphatic heterocycles. The molecule has 1 aromatic carbocycles. The molecule has 3 nitrogen and oxygen atoms in total. The number of rotatable bonds is 5. The number of fused-ring (bicyclic) bond motifs is 1. The number of benzene rings is 1. The van der Waals surface area contributed by atoms with Crippen LogP contribution < -0.4 is 10.6 Å². The summed E-state index contributed by atoms with van der Waals surface area (Å²) in [5.41, 5.74) is 3.40. The van der Waals surface area contributed by atoms with Gasteiger partial charge < -0.3 is 10.6 Å². The van der Waals surface area contributed by atoms with Crippen LogP contribution in [-0.2, 0) is 11.2 Å². The Kier molecular flexibility index (Phi) is 4.02. The van der Waals surface area contributed by atoms with Crippen LogP contribution in [0.25, 0.3) is 0 Å². The molecule has 18 heavy (non-hydrogen) atoms. The highest BCUT2D eigenvalue weighted by Gasteiger charge is 2.22. The van der Waals surface area contributed by atoms with E-state index in [1.807, 2.05) is 13.1 Å². The minimum atomic E-state index is 0.102. The summed E-state index contributed by atoms with van der Waals surface area (Å²) in [6.07, 6.45) is 2.84. The molecule has 1 aliphatic rings. The van der Waals surface area contributed by atoms with Crippen molar-refractivity contribution in [3.8, 4) is 0 Å². The molecule has 0 bridgehead atoms. The quantitative estimate of drug-likeness (QED) is 0.838. The van der Waals surface area contributed by atoms with Crippen molar-refractivity contribution in [2.24, 2.45) is 5.92 Å². The van der Waals surface area contributed by atoms with Crippen molar-refractivity contribution in [2.45, 2.75) is 39.2 Å². The maximum atomic E-state index is 11.4. The summed E-state index contributed by atoms with van der Waals surface area (Å²) in [5, 5.41) is 6.30. The molecule has 3 heteroatoms. The molecule has 1 atom stereocenters. The highest BCUT2D eigenvalue weighted by atomic mass is 16.1. The van der Waals surface area contributed by atoms with E-state index >= 15 is 0 Å². The molecular weight excluding hydrogens is 224 g/mol. The number of hydrogen-bond acceptors (Lipinski definition) is 2. The van der Waals surface area contributed by atoms with Gasteiger partial charge in [-0.25, -0.2) is 0 Å². The lowest BCUT2D eigenvalue weighted by atomic mass is 9.88. The van der Waals surface area contributed by atoms with E-state index in [1.54, 1.807) is 0 Å². The van der Waals surface area contributed by atoms with Crippen LogP contribution in [0.2, 0.25) is 0 Å². The maximum absolute atomic E-state index is 11.4. The van der Waals surface area contributed by atoms with Gasteiger partial charge in [-0.1, -0.05) is 38.8 Å². The van der Waals surface area contributed by atoms with Crippen molar-refractivity contribution in [3.63, 3.8) is 0 Å². The van der Waals surface area contributed by atoms with Gasteiger partial charge in [-0.2, -0.15) is 0 Å². The first-order valence-corrected chi connectivity index (χ1v) is 6.79. The molecule has 0 fully saturated rings. The third kappa shape index (κ3) is 2.41. The third-order valence-corrected chi connectivity index (χ3v) is 3.94. The number of carbonyl (C=O) groups excluding carboxylic acids is 1. The van der Waals surface area contributed by atoms with Gasteiger partial charge in [0.05, 0.1) is 6.42 Å². The van der Waals surface area contributed by atoms with E-state index in [9.17, 15) is 4.79 Å². The van der Waals surface area contributed by atoms with Gasteiger partial charge in [0.1, 0.15) is 0 Å². The summed E-state index contributed by atoms with van der Waals surface area (Å²) in [6.45, 7) is 4.47.